The molecule has 5 aromatic carbocycles. The summed E-state index contributed by atoms with van der Waals surface area (Å²) >= 11 is 6.10. The standard InChI is InChI=1S/C36H36ClN3O/c1-38-24-34(22-26-12-19-33(37)20-13-26)39-25-35(23-27-11-14-29-9-5-6-10-32(29)21-27)40-36(41)31-17-15-30(16-18-31)28-7-3-2-4-8-28/h2-21,34-35,38-39H,22-25H2,1H3,(H,40,41)/t34-,35+/m0/s1. The van der Waals surface area contributed by atoms with Crippen molar-refractivity contribution in [1.82, 2.24) is 16.0 Å². The van der Waals surface area contributed by atoms with Crippen LogP contribution in [0.2, 0.25) is 5.02 Å². The number of amides is 1. The highest BCUT2D eigenvalue weighted by molar-refractivity contribution is 6.30. The monoisotopic (exact) mass is 561 g/mol. The van der Waals surface area contributed by atoms with Gasteiger partial charge in [0.2, 0.25) is 0 Å². The molecule has 0 saturated heterocycles. The smallest absolute Gasteiger partial charge is 0.251 e. The Morgan fingerprint density at radius 3 is 2.02 bits per heavy atom. The van der Waals surface area contributed by atoms with Crippen molar-refractivity contribution in [1.29, 1.82) is 0 Å². The van der Waals surface area contributed by atoms with Crippen LogP contribution in [0.4, 0.5) is 0 Å². The summed E-state index contributed by atoms with van der Waals surface area (Å²) in [5, 5.41) is 13.5. The molecule has 0 aliphatic heterocycles. The van der Waals surface area contributed by atoms with Crippen molar-refractivity contribution in [3.8, 4) is 11.1 Å². The number of likely N-dealkylation sites (N-methyl/N-ethyl adjacent to an activating group) is 1. The maximum Gasteiger partial charge on any atom is 0.251 e. The van der Waals surface area contributed by atoms with Crippen molar-refractivity contribution in [2.24, 2.45) is 0 Å². The van der Waals surface area contributed by atoms with Gasteiger partial charge in [-0.15, -0.1) is 0 Å². The molecule has 0 radical (unpaired) electrons. The van der Waals surface area contributed by atoms with E-state index in [1.54, 1.807) is 0 Å². The van der Waals surface area contributed by atoms with Gasteiger partial charge in [0.1, 0.15) is 0 Å². The zero-order valence-corrected chi connectivity index (χ0v) is 24.1. The molecule has 1 amide bonds. The summed E-state index contributed by atoms with van der Waals surface area (Å²) in [7, 11) is 1.96. The van der Waals surface area contributed by atoms with Crippen LogP contribution in [0.15, 0.2) is 121 Å². The molecule has 5 aromatic rings. The first kappa shape index (κ1) is 28.6. The highest BCUT2D eigenvalue weighted by Gasteiger charge is 2.18. The van der Waals surface area contributed by atoms with E-state index in [0.29, 0.717) is 12.1 Å². The van der Waals surface area contributed by atoms with E-state index < -0.39 is 0 Å². The molecule has 41 heavy (non-hydrogen) atoms. The summed E-state index contributed by atoms with van der Waals surface area (Å²) in [5.74, 6) is -0.0694. The van der Waals surface area contributed by atoms with Gasteiger partial charge in [-0.1, -0.05) is 109 Å². The van der Waals surface area contributed by atoms with E-state index in [9.17, 15) is 4.79 Å². The Morgan fingerprint density at radius 2 is 1.29 bits per heavy atom. The Kier molecular flexibility index (Phi) is 9.82. The van der Waals surface area contributed by atoms with Gasteiger partial charge in [0.15, 0.2) is 0 Å². The van der Waals surface area contributed by atoms with E-state index >= 15 is 0 Å². The third-order valence-corrected chi connectivity index (χ3v) is 7.64. The Labute approximate surface area is 247 Å². The summed E-state index contributed by atoms with van der Waals surface area (Å²) in [5.41, 5.74) is 5.29. The van der Waals surface area contributed by atoms with Crippen molar-refractivity contribution >= 4 is 28.3 Å². The molecular weight excluding hydrogens is 526 g/mol. The topological polar surface area (TPSA) is 53.2 Å². The number of carbonyl (C=O) groups excluding carboxylic acids is 1. The molecule has 3 N–H and O–H groups in total. The maximum absolute atomic E-state index is 13.4. The zero-order valence-electron chi connectivity index (χ0n) is 23.3. The Morgan fingerprint density at radius 1 is 0.659 bits per heavy atom. The number of carbonyl (C=O) groups is 1. The molecule has 0 heterocycles. The average molecular weight is 562 g/mol. The lowest BCUT2D eigenvalue weighted by atomic mass is 10.00. The van der Waals surface area contributed by atoms with Gasteiger partial charge in [-0.2, -0.15) is 0 Å². The van der Waals surface area contributed by atoms with Crippen LogP contribution >= 0.6 is 11.6 Å². The minimum Gasteiger partial charge on any atom is -0.348 e. The largest absolute Gasteiger partial charge is 0.348 e. The lowest BCUT2D eigenvalue weighted by molar-refractivity contribution is 0.0935. The molecule has 0 unspecified atom stereocenters. The van der Waals surface area contributed by atoms with Crippen molar-refractivity contribution in [2.45, 2.75) is 24.9 Å². The number of halogens is 1. The van der Waals surface area contributed by atoms with E-state index in [1.807, 2.05) is 61.6 Å². The lowest BCUT2D eigenvalue weighted by Crippen LogP contribution is -2.48. The van der Waals surface area contributed by atoms with E-state index in [0.717, 1.165) is 35.5 Å². The van der Waals surface area contributed by atoms with Gasteiger partial charge in [0.25, 0.3) is 5.91 Å². The van der Waals surface area contributed by atoms with E-state index in [1.165, 1.54) is 21.9 Å². The number of hydrogen-bond donors (Lipinski definition) is 3. The van der Waals surface area contributed by atoms with Gasteiger partial charge in [-0.05, 0) is 77.2 Å². The second-order valence-corrected chi connectivity index (χ2v) is 10.9. The van der Waals surface area contributed by atoms with Crippen molar-refractivity contribution in [3.63, 3.8) is 0 Å². The van der Waals surface area contributed by atoms with E-state index in [4.69, 9.17) is 11.6 Å². The lowest BCUT2D eigenvalue weighted by Gasteiger charge is -2.25. The van der Waals surface area contributed by atoms with Gasteiger partial charge >= 0.3 is 0 Å². The van der Waals surface area contributed by atoms with Crippen LogP contribution in [-0.4, -0.2) is 38.1 Å². The number of rotatable bonds is 12. The summed E-state index contributed by atoms with van der Waals surface area (Å²) in [6.07, 6.45) is 1.58. The van der Waals surface area contributed by atoms with Crippen molar-refractivity contribution < 1.29 is 4.79 Å². The normalized spacial score (nSPS) is 12.6. The molecule has 0 fully saturated rings. The quantitative estimate of drug-likeness (QED) is 0.155. The first-order chi connectivity index (χ1) is 20.1. The van der Waals surface area contributed by atoms with Crippen LogP contribution in [0.3, 0.4) is 0 Å². The fourth-order valence-corrected chi connectivity index (χ4v) is 5.34. The number of benzene rings is 5. The predicted molar refractivity (Wildman–Crippen MR) is 172 cm³/mol. The molecule has 208 valence electrons. The minimum absolute atomic E-state index is 0.0694. The summed E-state index contributed by atoms with van der Waals surface area (Å²) in [6, 6.07) is 41.0. The first-order valence-corrected chi connectivity index (χ1v) is 14.5. The molecule has 4 nitrogen and oxygen atoms in total. The number of nitrogens with one attached hydrogen (secondary N) is 3. The van der Waals surface area contributed by atoms with Gasteiger partial charge in [0, 0.05) is 35.8 Å². The molecule has 5 heteroatoms. The van der Waals surface area contributed by atoms with Crippen LogP contribution in [-0.2, 0) is 12.8 Å². The highest BCUT2D eigenvalue weighted by atomic mass is 35.5. The third-order valence-electron chi connectivity index (χ3n) is 7.38. The van der Waals surface area contributed by atoms with Gasteiger partial charge in [0.05, 0.1) is 0 Å². The molecule has 2 atom stereocenters. The van der Waals surface area contributed by atoms with Gasteiger partial charge < -0.3 is 16.0 Å². The highest BCUT2D eigenvalue weighted by Crippen LogP contribution is 2.20. The Hall–Kier alpha value is -3.96. The van der Waals surface area contributed by atoms with E-state index in [2.05, 4.69) is 82.7 Å². The minimum atomic E-state index is -0.0953. The summed E-state index contributed by atoms with van der Waals surface area (Å²) in [4.78, 5) is 13.4. The molecule has 0 aliphatic carbocycles. The number of fused-ring (bicyclic) bond motifs is 1. The second kappa shape index (κ2) is 14.1. The fraction of sp³-hybridized carbons (Fsp3) is 0.194. The second-order valence-electron chi connectivity index (χ2n) is 10.5. The van der Waals surface area contributed by atoms with Crippen LogP contribution in [0.5, 0.6) is 0 Å². The van der Waals surface area contributed by atoms with Crippen molar-refractivity contribution in [2.75, 3.05) is 20.1 Å². The van der Waals surface area contributed by atoms with Gasteiger partial charge in [-0.3, -0.25) is 4.79 Å². The Bertz CT molecular complexity index is 1550. The Balaban J connectivity index is 1.31. The molecule has 5 rings (SSSR count). The molecule has 0 saturated carbocycles. The van der Waals surface area contributed by atoms with E-state index in [-0.39, 0.29) is 18.0 Å². The molecule has 0 bridgehead atoms. The van der Waals surface area contributed by atoms with Crippen LogP contribution in [0, 0.1) is 0 Å². The molecular formula is C36H36ClN3O. The molecule has 0 aromatic heterocycles. The predicted octanol–water partition coefficient (Wildman–Crippen LogP) is 6.92. The SMILES string of the molecule is CNC[C@H](Cc1ccc(Cl)cc1)NC[C@@H](Cc1ccc2ccccc2c1)NC(=O)c1ccc(-c2ccccc2)cc1. The van der Waals surface area contributed by atoms with Crippen LogP contribution < -0.4 is 16.0 Å². The molecule has 0 aliphatic rings. The maximum atomic E-state index is 13.4. The van der Waals surface area contributed by atoms with Gasteiger partial charge in [-0.25, -0.2) is 0 Å². The summed E-state index contributed by atoms with van der Waals surface area (Å²) < 4.78 is 0. The number of hydrogen-bond acceptors (Lipinski definition) is 3. The third kappa shape index (κ3) is 8.05. The summed E-state index contributed by atoms with van der Waals surface area (Å²) in [6.45, 7) is 1.45. The van der Waals surface area contributed by atoms with Crippen molar-refractivity contribution in [3.05, 3.63) is 143 Å². The molecule has 0 spiro atoms. The average Bonchev–Trinajstić information content (AvgIpc) is 3.01. The first-order valence-electron chi connectivity index (χ1n) is 14.1. The fourth-order valence-electron chi connectivity index (χ4n) is 5.21. The van der Waals surface area contributed by atoms with Crippen LogP contribution in [0.1, 0.15) is 21.5 Å². The zero-order chi connectivity index (χ0) is 28.4. The van der Waals surface area contributed by atoms with Crippen LogP contribution in [0.25, 0.3) is 21.9 Å².